The van der Waals surface area contributed by atoms with E-state index in [9.17, 15) is 4.39 Å². The summed E-state index contributed by atoms with van der Waals surface area (Å²) in [5, 5.41) is 0. The van der Waals surface area contributed by atoms with E-state index in [1.54, 1.807) is 12.1 Å². The number of rotatable bonds is 3. The van der Waals surface area contributed by atoms with E-state index in [0.717, 1.165) is 11.3 Å². The summed E-state index contributed by atoms with van der Waals surface area (Å²) in [6.45, 7) is 4.01. The van der Waals surface area contributed by atoms with Gasteiger partial charge in [0.1, 0.15) is 5.82 Å². The third-order valence-corrected chi connectivity index (χ3v) is 2.93. The Morgan fingerprint density at radius 3 is 2.22 bits per heavy atom. The largest absolute Gasteiger partial charge is 0.282 e. The second-order valence-electron chi connectivity index (χ2n) is 4.31. The summed E-state index contributed by atoms with van der Waals surface area (Å²) >= 11 is 0. The predicted octanol–water partition coefficient (Wildman–Crippen LogP) is 4.40. The van der Waals surface area contributed by atoms with E-state index in [1.807, 2.05) is 25.1 Å². The average molecular weight is 241 g/mol. The Morgan fingerprint density at radius 1 is 1.00 bits per heavy atom. The highest BCUT2D eigenvalue weighted by molar-refractivity contribution is 5.98. The molecule has 92 valence electrons. The first-order valence-corrected chi connectivity index (χ1v) is 6.02. The fraction of sp³-hybridized carbons (Fsp3) is 0.188. The van der Waals surface area contributed by atoms with Crippen molar-refractivity contribution in [3.05, 3.63) is 71.5 Å². The van der Waals surface area contributed by atoms with Crippen LogP contribution in [0.1, 0.15) is 31.0 Å². The lowest BCUT2D eigenvalue weighted by Crippen LogP contribution is -1.99. The van der Waals surface area contributed by atoms with E-state index in [1.165, 1.54) is 17.7 Å². The number of hydrogen-bond donors (Lipinski definition) is 0. The molecule has 0 aliphatic carbocycles. The zero-order valence-electron chi connectivity index (χ0n) is 10.6. The van der Waals surface area contributed by atoms with Crippen molar-refractivity contribution in [3.63, 3.8) is 0 Å². The van der Waals surface area contributed by atoms with Crippen molar-refractivity contribution in [2.45, 2.75) is 19.9 Å². The van der Waals surface area contributed by atoms with Crippen molar-refractivity contribution in [3.8, 4) is 0 Å². The van der Waals surface area contributed by atoms with Gasteiger partial charge in [-0.1, -0.05) is 42.5 Å². The molecule has 0 saturated carbocycles. The molecular weight excluding hydrogens is 225 g/mol. The van der Waals surface area contributed by atoms with Crippen LogP contribution in [0.5, 0.6) is 0 Å². The van der Waals surface area contributed by atoms with Gasteiger partial charge >= 0.3 is 0 Å². The van der Waals surface area contributed by atoms with Gasteiger partial charge in [0.15, 0.2) is 0 Å². The van der Waals surface area contributed by atoms with E-state index in [4.69, 9.17) is 0 Å². The van der Waals surface area contributed by atoms with Crippen LogP contribution < -0.4 is 0 Å². The van der Waals surface area contributed by atoms with Crippen LogP contribution in [0, 0.1) is 5.82 Å². The first-order chi connectivity index (χ1) is 8.66. The molecule has 1 atom stereocenters. The monoisotopic (exact) mass is 241 g/mol. The van der Waals surface area contributed by atoms with Crippen molar-refractivity contribution in [2.75, 3.05) is 0 Å². The van der Waals surface area contributed by atoms with Crippen LogP contribution in [-0.2, 0) is 0 Å². The lowest BCUT2D eigenvalue weighted by molar-refractivity contribution is 0.628. The van der Waals surface area contributed by atoms with E-state index >= 15 is 0 Å². The summed E-state index contributed by atoms with van der Waals surface area (Å²) < 4.78 is 12.8. The molecule has 2 aromatic rings. The molecule has 0 radical (unpaired) electrons. The summed E-state index contributed by atoms with van der Waals surface area (Å²) in [4.78, 5) is 4.64. The summed E-state index contributed by atoms with van der Waals surface area (Å²) in [5.41, 5.74) is 3.06. The molecule has 0 unspecified atom stereocenters. The second-order valence-corrected chi connectivity index (χ2v) is 4.31. The molecule has 0 bridgehead atoms. The molecule has 0 saturated heterocycles. The number of nitrogens with zero attached hydrogens (tertiary/aromatic N) is 1. The van der Waals surface area contributed by atoms with Crippen LogP contribution in [0.25, 0.3) is 0 Å². The maximum absolute atomic E-state index is 12.8. The average Bonchev–Trinajstić information content (AvgIpc) is 2.40. The van der Waals surface area contributed by atoms with Crippen molar-refractivity contribution < 1.29 is 4.39 Å². The van der Waals surface area contributed by atoms with E-state index in [-0.39, 0.29) is 11.9 Å². The smallest absolute Gasteiger partial charge is 0.123 e. The highest BCUT2D eigenvalue weighted by Gasteiger charge is 2.04. The minimum atomic E-state index is -0.220. The SMILES string of the molecule is C/C(=N\[C@@H](C)c1ccccc1)c1ccc(F)cc1. The van der Waals surface area contributed by atoms with Crippen molar-refractivity contribution >= 4 is 5.71 Å². The molecule has 18 heavy (non-hydrogen) atoms. The highest BCUT2D eigenvalue weighted by Crippen LogP contribution is 2.17. The molecule has 0 amide bonds. The third kappa shape index (κ3) is 3.04. The van der Waals surface area contributed by atoms with Gasteiger partial charge in [-0.05, 0) is 37.1 Å². The van der Waals surface area contributed by atoms with E-state index in [2.05, 4.69) is 24.0 Å². The van der Waals surface area contributed by atoms with Crippen LogP contribution in [0.2, 0.25) is 0 Å². The van der Waals surface area contributed by atoms with E-state index in [0.29, 0.717) is 0 Å². The van der Waals surface area contributed by atoms with Crippen LogP contribution in [-0.4, -0.2) is 5.71 Å². The zero-order chi connectivity index (χ0) is 13.0. The van der Waals surface area contributed by atoms with Crippen LogP contribution >= 0.6 is 0 Å². The Balaban J connectivity index is 2.20. The maximum atomic E-state index is 12.8. The Morgan fingerprint density at radius 2 is 1.61 bits per heavy atom. The standard InChI is InChI=1S/C16H16FN/c1-12(14-6-4-3-5-7-14)18-13(2)15-8-10-16(17)11-9-15/h3-12H,1-2H3/b18-13+/t12-/m0/s1. The lowest BCUT2D eigenvalue weighted by Gasteiger charge is -2.09. The molecule has 0 fully saturated rings. The van der Waals surface area contributed by atoms with Crippen molar-refractivity contribution in [1.82, 2.24) is 0 Å². The number of aliphatic imine (C=N–C) groups is 1. The van der Waals surface area contributed by atoms with E-state index < -0.39 is 0 Å². The quantitative estimate of drug-likeness (QED) is 0.706. The normalized spacial score (nSPS) is 13.4. The van der Waals surface area contributed by atoms with Crippen molar-refractivity contribution in [2.24, 2.45) is 4.99 Å². The first-order valence-electron chi connectivity index (χ1n) is 6.02. The fourth-order valence-electron chi connectivity index (χ4n) is 1.86. The maximum Gasteiger partial charge on any atom is 0.123 e. The highest BCUT2D eigenvalue weighted by atomic mass is 19.1. The van der Waals surface area contributed by atoms with Gasteiger partial charge in [0, 0.05) is 5.71 Å². The van der Waals surface area contributed by atoms with Gasteiger partial charge in [-0.3, -0.25) is 4.99 Å². The first kappa shape index (κ1) is 12.5. The molecule has 0 aromatic heterocycles. The fourth-order valence-corrected chi connectivity index (χ4v) is 1.86. The Hall–Kier alpha value is -1.96. The van der Waals surface area contributed by atoms with Gasteiger partial charge < -0.3 is 0 Å². The van der Waals surface area contributed by atoms with Crippen LogP contribution in [0.3, 0.4) is 0 Å². The molecule has 1 nitrogen and oxygen atoms in total. The second kappa shape index (κ2) is 5.58. The molecular formula is C16H16FN. The van der Waals surface area contributed by atoms with Gasteiger partial charge in [-0.25, -0.2) is 4.39 Å². The van der Waals surface area contributed by atoms with Crippen LogP contribution in [0.15, 0.2) is 59.6 Å². The van der Waals surface area contributed by atoms with Gasteiger partial charge in [0.25, 0.3) is 0 Å². The summed E-state index contributed by atoms with van der Waals surface area (Å²) in [7, 11) is 0. The minimum absolute atomic E-state index is 0.108. The zero-order valence-corrected chi connectivity index (χ0v) is 10.6. The van der Waals surface area contributed by atoms with Gasteiger partial charge in [0.05, 0.1) is 6.04 Å². The minimum Gasteiger partial charge on any atom is -0.282 e. The topological polar surface area (TPSA) is 12.4 Å². The molecule has 0 aliphatic heterocycles. The molecule has 0 spiro atoms. The lowest BCUT2D eigenvalue weighted by atomic mass is 10.1. The predicted molar refractivity (Wildman–Crippen MR) is 73.5 cm³/mol. The van der Waals surface area contributed by atoms with Crippen LogP contribution in [0.4, 0.5) is 4.39 Å². The summed E-state index contributed by atoms with van der Waals surface area (Å²) in [6, 6.07) is 16.7. The Labute approximate surface area is 107 Å². The molecule has 0 aliphatic rings. The molecule has 2 heteroatoms. The van der Waals surface area contributed by atoms with Gasteiger partial charge in [0.2, 0.25) is 0 Å². The molecule has 0 heterocycles. The third-order valence-electron chi connectivity index (χ3n) is 2.93. The number of benzene rings is 2. The molecule has 2 rings (SSSR count). The summed E-state index contributed by atoms with van der Waals surface area (Å²) in [5.74, 6) is -0.220. The van der Waals surface area contributed by atoms with Gasteiger partial charge in [-0.2, -0.15) is 0 Å². The number of halogens is 1. The van der Waals surface area contributed by atoms with Gasteiger partial charge in [-0.15, -0.1) is 0 Å². The summed E-state index contributed by atoms with van der Waals surface area (Å²) in [6.07, 6.45) is 0. The van der Waals surface area contributed by atoms with Crippen molar-refractivity contribution in [1.29, 1.82) is 0 Å². The molecule has 2 aromatic carbocycles. The Kier molecular flexibility index (Phi) is 3.88. The Bertz CT molecular complexity index is 529. The molecule has 0 N–H and O–H groups in total. The number of hydrogen-bond acceptors (Lipinski definition) is 1.